The molecule has 3 rings (SSSR count). The topological polar surface area (TPSA) is 53.4 Å². The molecule has 0 radical (unpaired) electrons. The minimum absolute atomic E-state index is 0.0530. The van der Waals surface area contributed by atoms with E-state index < -0.39 is 0 Å². The van der Waals surface area contributed by atoms with E-state index in [4.69, 9.17) is 0 Å². The van der Waals surface area contributed by atoms with Gasteiger partial charge in [-0.3, -0.25) is 4.79 Å². The SMILES string of the molecule is O=C(c1ccc2ncsc2c1)N1CCC(O)CC1. The Morgan fingerprint density at radius 1 is 1.39 bits per heavy atom. The Hall–Kier alpha value is -1.46. The molecule has 2 aromatic rings. The number of hydrogen-bond donors (Lipinski definition) is 1. The molecule has 1 N–H and O–H groups in total. The molecule has 2 heterocycles. The molecule has 1 fully saturated rings. The van der Waals surface area contributed by atoms with Crippen molar-refractivity contribution in [3.05, 3.63) is 29.3 Å². The Bertz CT molecular complexity index is 573. The number of thiazole rings is 1. The highest BCUT2D eigenvalue weighted by molar-refractivity contribution is 7.16. The lowest BCUT2D eigenvalue weighted by Gasteiger charge is -2.29. The lowest BCUT2D eigenvalue weighted by atomic mass is 10.1. The minimum Gasteiger partial charge on any atom is -0.393 e. The number of carbonyl (C=O) groups excluding carboxylic acids is 1. The van der Waals surface area contributed by atoms with Gasteiger partial charge in [-0.2, -0.15) is 0 Å². The normalized spacial score (nSPS) is 17.3. The van der Waals surface area contributed by atoms with Crippen molar-refractivity contribution < 1.29 is 9.90 Å². The summed E-state index contributed by atoms with van der Waals surface area (Å²) in [6.45, 7) is 1.28. The van der Waals surface area contributed by atoms with Gasteiger partial charge in [0.2, 0.25) is 0 Å². The van der Waals surface area contributed by atoms with Gasteiger partial charge in [0.05, 0.1) is 21.8 Å². The number of nitrogens with zero attached hydrogens (tertiary/aromatic N) is 2. The zero-order valence-electron chi connectivity index (χ0n) is 9.87. The highest BCUT2D eigenvalue weighted by Gasteiger charge is 2.22. The van der Waals surface area contributed by atoms with E-state index in [9.17, 15) is 9.90 Å². The molecule has 0 atom stereocenters. The first-order chi connectivity index (χ1) is 8.74. The van der Waals surface area contributed by atoms with Gasteiger partial charge in [-0.15, -0.1) is 11.3 Å². The van der Waals surface area contributed by atoms with Crippen LogP contribution in [0.25, 0.3) is 10.2 Å². The third kappa shape index (κ3) is 2.11. The summed E-state index contributed by atoms with van der Waals surface area (Å²) in [7, 11) is 0. The van der Waals surface area contributed by atoms with E-state index in [-0.39, 0.29) is 12.0 Å². The quantitative estimate of drug-likeness (QED) is 0.854. The molecule has 94 valence electrons. The van der Waals surface area contributed by atoms with Gasteiger partial charge in [0, 0.05) is 18.7 Å². The molecule has 1 aromatic carbocycles. The van der Waals surface area contributed by atoms with Crippen LogP contribution in [0.5, 0.6) is 0 Å². The number of rotatable bonds is 1. The number of piperidine rings is 1. The maximum Gasteiger partial charge on any atom is 0.253 e. The molecule has 1 aliphatic heterocycles. The van der Waals surface area contributed by atoms with Gasteiger partial charge in [-0.1, -0.05) is 0 Å². The van der Waals surface area contributed by atoms with E-state index in [1.54, 1.807) is 16.8 Å². The van der Waals surface area contributed by atoms with Gasteiger partial charge in [0.15, 0.2) is 0 Å². The van der Waals surface area contributed by atoms with Crippen molar-refractivity contribution >= 4 is 27.5 Å². The molecular weight excluding hydrogens is 248 g/mol. The number of likely N-dealkylation sites (tertiary alicyclic amines) is 1. The van der Waals surface area contributed by atoms with Gasteiger partial charge in [0.1, 0.15) is 0 Å². The van der Waals surface area contributed by atoms with Gasteiger partial charge in [0.25, 0.3) is 5.91 Å². The summed E-state index contributed by atoms with van der Waals surface area (Å²) in [4.78, 5) is 18.3. The van der Waals surface area contributed by atoms with Gasteiger partial charge < -0.3 is 10.0 Å². The zero-order valence-corrected chi connectivity index (χ0v) is 10.7. The van der Waals surface area contributed by atoms with E-state index in [0.29, 0.717) is 31.5 Å². The predicted molar refractivity (Wildman–Crippen MR) is 70.8 cm³/mol. The molecule has 1 amide bonds. The Morgan fingerprint density at radius 2 is 2.17 bits per heavy atom. The molecule has 4 nitrogen and oxygen atoms in total. The summed E-state index contributed by atoms with van der Waals surface area (Å²) in [5.74, 6) is 0.0530. The van der Waals surface area contributed by atoms with Crippen LogP contribution in [0, 0.1) is 0 Å². The zero-order chi connectivity index (χ0) is 12.5. The number of fused-ring (bicyclic) bond motifs is 1. The van der Waals surface area contributed by atoms with Crippen LogP contribution >= 0.6 is 11.3 Å². The van der Waals surface area contributed by atoms with Crippen molar-refractivity contribution in [1.29, 1.82) is 0 Å². The number of aromatic nitrogens is 1. The first-order valence-corrected chi connectivity index (χ1v) is 6.92. The van der Waals surface area contributed by atoms with Gasteiger partial charge in [-0.25, -0.2) is 4.98 Å². The Kier molecular flexibility index (Phi) is 3.01. The first-order valence-electron chi connectivity index (χ1n) is 6.04. The average Bonchev–Trinajstić information content (AvgIpc) is 2.86. The van der Waals surface area contributed by atoms with Crippen LogP contribution in [0.3, 0.4) is 0 Å². The molecule has 1 aliphatic rings. The highest BCUT2D eigenvalue weighted by atomic mass is 32.1. The highest BCUT2D eigenvalue weighted by Crippen LogP contribution is 2.21. The summed E-state index contributed by atoms with van der Waals surface area (Å²) in [6, 6.07) is 5.62. The second-order valence-electron chi connectivity index (χ2n) is 4.56. The number of benzene rings is 1. The largest absolute Gasteiger partial charge is 0.393 e. The molecular formula is C13H14N2O2S. The molecule has 0 unspecified atom stereocenters. The molecule has 0 spiro atoms. The van der Waals surface area contributed by atoms with Gasteiger partial charge in [-0.05, 0) is 31.0 Å². The van der Waals surface area contributed by atoms with Crippen molar-refractivity contribution in [3.8, 4) is 0 Å². The summed E-state index contributed by atoms with van der Waals surface area (Å²) in [5, 5.41) is 9.45. The molecule has 0 saturated carbocycles. The van der Waals surface area contributed by atoms with Crippen LogP contribution in [0.1, 0.15) is 23.2 Å². The van der Waals surface area contributed by atoms with Crippen molar-refractivity contribution in [1.82, 2.24) is 9.88 Å². The average molecular weight is 262 g/mol. The van der Waals surface area contributed by atoms with Crippen LogP contribution in [-0.2, 0) is 0 Å². The Labute approximate surface area is 109 Å². The van der Waals surface area contributed by atoms with E-state index in [1.165, 1.54) is 0 Å². The van der Waals surface area contributed by atoms with E-state index in [0.717, 1.165) is 10.2 Å². The molecule has 1 aromatic heterocycles. The molecule has 1 saturated heterocycles. The number of amides is 1. The van der Waals surface area contributed by atoms with Crippen LogP contribution in [0.4, 0.5) is 0 Å². The molecule has 18 heavy (non-hydrogen) atoms. The Morgan fingerprint density at radius 3 is 2.94 bits per heavy atom. The van der Waals surface area contributed by atoms with Crippen molar-refractivity contribution in [2.24, 2.45) is 0 Å². The van der Waals surface area contributed by atoms with Crippen LogP contribution < -0.4 is 0 Å². The van der Waals surface area contributed by atoms with Crippen LogP contribution in [-0.4, -0.2) is 40.1 Å². The number of aliphatic hydroxyl groups is 1. The maximum absolute atomic E-state index is 12.3. The standard InChI is InChI=1S/C13H14N2O2S/c16-10-3-5-15(6-4-10)13(17)9-1-2-11-12(7-9)18-8-14-11/h1-2,7-8,10,16H,3-6H2. The van der Waals surface area contributed by atoms with E-state index in [1.807, 2.05) is 23.1 Å². The van der Waals surface area contributed by atoms with Crippen LogP contribution in [0.2, 0.25) is 0 Å². The summed E-state index contributed by atoms with van der Waals surface area (Å²) in [5.41, 5.74) is 3.43. The Balaban J connectivity index is 1.82. The predicted octanol–water partition coefficient (Wildman–Crippen LogP) is 1.89. The first kappa shape index (κ1) is 11.6. The summed E-state index contributed by atoms with van der Waals surface area (Å²) < 4.78 is 1.04. The van der Waals surface area contributed by atoms with Gasteiger partial charge >= 0.3 is 0 Å². The number of carbonyl (C=O) groups is 1. The monoisotopic (exact) mass is 262 g/mol. The van der Waals surface area contributed by atoms with Crippen molar-refractivity contribution in [2.45, 2.75) is 18.9 Å². The second-order valence-corrected chi connectivity index (χ2v) is 5.44. The maximum atomic E-state index is 12.3. The molecule has 5 heteroatoms. The fourth-order valence-corrected chi connectivity index (χ4v) is 2.96. The second kappa shape index (κ2) is 4.66. The number of hydrogen-bond acceptors (Lipinski definition) is 4. The van der Waals surface area contributed by atoms with E-state index in [2.05, 4.69) is 4.98 Å². The summed E-state index contributed by atoms with van der Waals surface area (Å²) >= 11 is 1.54. The fraction of sp³-hybridized carbons (Fsp3) is 0.385. The number of aliphatic hydroxyl groups excluding tert-OH is 1. The smallest absolute Gasteiger partial charge is 0.253 e. The van der Waals surface area contributed by atoms with Crippen molar-refractivity contribution in [3.63, 3.8) is 0 Å². The minimum atomic E-state index is -0.252. The molecule has 0 aliphatic carbocycles. The molecule has 0 bridgehead atoms. The van der Waals surface area contributed by atoms with E-state index >= 15 is 0 Å². The third-order valence-electron chi connectivity index (χ3n) is 3.33. The lowest BCUT2D eigenvalue weighted by molar-refractivity contribution is 0.0546. The lowest BCUT2D eigenvalue weighted by Crippen LogP contribution is -2.40. The fourth-order valence-electron chi connectivity index (χ4n) is 2.24. The van der Waals surface area contributed by atoms with Crippen LogP contribution in [0.15, 0.2) is 23.7 Å². The third-order valence-corrected chi connectivity index (χ3v) is 4.12. The van der Waals surface area contributed by atoms with Crippen molar-refractivity contribution in [2.75, 3.05) is 13.1 Å². The summed E-state index contributed by atoms with van der Waals surface area (Å²) in [6.07, 6.45) is 1.10.